The molecule has 0 unspecified atom stereocenters. The molecule has 7 heteroatoms. The highest BCUT2D eigenvalue weighted by atomic mass is 32.1. The van der Waals surface area contributed by atoms with Crippen molar-refractivity contribution in [1.29, 1.82) is 0 Å². The number of ether oxygens (including phenoxy) is 3. The van der Waals surface area contributed by atoms with Gasteiger partial charge in [-0.05, 0) is 53.8 Å². The summed E-state index contributed by atoms with van der Waals surface area (Å²) in [4.78, 5) is 27.9. The molecule has 0 atom stereocenters. The highest BCUT2D eigenvalue weighted by molar-refractivity contribution is 7.17. The van der Waals surface area contributed by atoms with Crippen molar-refractivity contribution in [3.05, 3.63) is 40.3 Å². The minimum atomic E-state index is -0.439. The number of morpholine rings is 1. The zero-order valence-electron chi connectivity index (χ0n) is 15.2. The van der Waals surface area contributed by atoms with Gasteiger partial charge in [-0.3, -0.25) is 4.79 Å². The van der Waals surface area contributed by atoms with Gasteiger partial charge in [-0.1, -0.05) is 0 Å². The van der Waals surface area contributed by atoms with Gasteiger partial charge in [0.05, 0.1) is 20.3 Å². The zero-order valence-corrected chi connectivity index (χ0v) is 16.0. The van der Waals surface area contributed by atoms with E-state index < -0.39 is 5.97 Å². The molecule has 0 radical (unpaired) electrons. The average molecular weight is 387 g/mol. The summed E-state index contributed by atoms with van der Waals surface area (Å²) in [6.07, 6.45) is 1.80. The maximum absolute atomic E-state index is 12.4. The molecule has 27 heavy (non-hydrogen) atoms. The van der Waals surface area contributed by atoms with Gasteiger partial charge in [0.25, 0.3) is 5.91 Å². The number of methoxy groups -OCH3 is 1. The van der Waals surface area contributed by atoms with Crippen molar-refractivity contribution in [2.75, 3.05) is 40.0 Å². The number of esters is 1. The first-order valence-corrected chi connectivity index (χ1v) is 9.80. The summed E-state index contributed by atoms with van der Waals surface area (Å²) < 4.78 is 15.8. The van der Waals surface area contributed by atoms with Crippen molar-refractivity contribution < 1.29 is 23.8 Å². The molecule has 1 aromatic carbocycles. The number of benzene rings is 1. The van der Waals surface area contributed by atoms with Crippen molar-refractivity contribution >= 4 is 23.2 Å². The molecule has 142 valence electrons. The maximum Gasteiger partial charge on any atom is 0.348 e. The lowest BCUT2D eigenvalue weighted by molar-refractivity contribution is -0.138. The normalized spacial score (nSPS) is 15.7. The van der Waals surface area contributed by atoms with Crippen LogP contribution >= 0.6 is 11.3 Å². The van der Waals surface area contributed by atoms with Gasteiger partial charge in [0.15, 0.2) is 6.61 Å². The Morgan fingerprint density at radius 1 is 1.15 bits per heavy atom. The molecule has 0 spiro atoms. The molecule has 1 aliphatic heterocycles. The van der Waals surface area contributed by atoms with Crippen LogP contribution in [0.3, 0.4) is 0 Å². The largest absolute Gasteiger partial charge is 0.497 e. The van der Waals surface area contributed by atoms with E-state index in [1.54, 1.807) is 12.0 Å². The molecule has 1 aromatic heterocycles. The third kappa shape index (κ3) is 3.70. The summed E-state index contributed by atoms with van der Waals surface area (Å²) in [5.41, 5.74) is 3.53. The van der Waals surface area contributed by atoms with E-state index in [-0.39, 0.29) is 12.5 Å². The summed E-state index contributed by atoms with van der Waals surface area (Å²) in [7, 11) is 1.66. The van der Waals surface area contributed by atoms with Gasteiger partial charge in [0, 0.05) is 18.0 Å². The number of amides is 1. The van der Waals surface area contributed by atoms with Gasteiger partial charge in [-0.2, -0.15) is 0 Å². The molecule has 1 saturated heterocycles. The first kappa shape index (κ1) is 18.0. The Morgan fingerprint density at radius 2 is 1.93 bits per heavy atom. The SMILES string of the molecule is COc1ccc2c(c1)CCc1cc(C(=O)OCC(=O)N3CCOCC3)sc1-2. The summed E-state index contributed by atoms with van der Waals surface area (Å²) >= 11 is 1.43. The van der Waals surface area contributed by atoms with E-state index >= 15 is 0 Å². The molecule has 1 fully saturated rings. The number of carbonyl (C=O) groups is 2. The van der Waals surface area contributed by atoms with E-state index in [1.807, 2.05) is 18.2 Å². The minimum absolute atomic E-state index is 0.176. The summed E-state index contributed by atoms with van der Waals surface area (Å²) in [6, 6.07) is 7.93. The molecule has 1 aliphatic carbocycles. The van der Waals surface area contributed by atoms with Gasteiger partial charge in [-0.15, -0.1) is 11.3 Å². The second kappa shape index (κ2) is 7.70. The summed E-state index contributed by atoms with van der Waals surface area (Å²) in [6.45, 7) is 1.92. The van der Waals surface area contributed by atoms with Crippen molar-refractivity contribution in [1.82, 2.24) is 4.90 Å². The summed E-state index contributed by atoms with van der Waals surface area (Å²) in [5.74, 6) is 0.228. The van der Waals surface area contributed by atoms with Gasteiger partial charge in [0.1, 0.15) is 10.6 Å². The van der Waals surface area contributed by atoms with E-state index in [2.05, 4.69) is 6.07 Å². The number of rotatable bonds is 4. The van der Waals surface area contributed by atoms with E-state index in [4.69, 9.17) is 14.2 Å². The lowest BCUT2D eigenvalue weighted by atomic mass is 9.91. The van der Waals surface area contributed by atoms with Crippen molar-refractivity contribution in [2.24, 2.45) is 0 Å². The van der Waals surface area contributed by atoms with Crippen molar-refractivity contribution in [2.45, 2.75) is 12.8 Å². The fourth-order valence-corrected chi connectivity index (χ4v) is 4.60. The number of nitrogens with zero attached hydrogens (tertiary/aromatic N) is 1. The number of hydrogen-bond acceptors (Lipinski definition) is 6. The van der Waals surface area contributed by atoms with Crippen LogP contribution in [0.4, 0.5) is 0 Å². The van der Waals surface area contributed by atoms with Gasteiger partial charge in [-0.25, -0.2) is 4.79 Å². The molecule has 0 bridgehead atoms. The Kier molecular flexibility index (Phi) is 5.13. The monoisotopic (exact) mass is 387 g/mol. The fourth-order valence-electron chi connectivity index (χ4n) is 3.44. The second-order valence-corrected chi connectivity index (χ2v) is 7.61. The van der Waals surface area contributed by atoms with Crippen molar-refractivity contribution in [3.63, 3.8) is 0 Å². The Bertz CT molecular complexity index is 869. The predicted molar refractivity (Wildman–Crippen MR) is 101 cm³/mol. The molecular formula is C20H21NO5S. The molecule has 4 rings (SSSR count). The standard InChI is InChI=1S/C20H21NO5S/c1-24-15-4-5-16-13(10-15)2-3-14-11-17(27-19(14)16)20(23)26-12-18(22)21-6-8-25-9-7-21/h4-5,10-11H,2-3,6-9,12H2,1H3. The van der Waals surface area contributed by atoms with E-state index in [0.29, 0.717) is 31.2 Å². The van der Waals surface area contributed by atoms with Crippen molar-refractivity contribution in [3.8, 4) is 16.2 Å². The van der Waals surface area contributed by atoms with Gasteiger partial charge < -0.3 is 19.1 Å². The molecular weight excluding hydrogens is 366 g/mol. The predicted octanol–water partition coefficient (Wildman–Crippen LogP) is 2.54. The Hall–Kier alpha value is -2.38. The van der Waals surface area contributed by atoms with Crippen LogP contribution in [0.15, 0.2) is 24.3 Å². The maximum atomic E-state index is 12.4. The third-order valence-electron chi connectivity index (χ3n) is 4.92. The van der Waals surface area contributed by atoms with Crippen LogP contribution in [0.2, 0.25) is 0 Å². The number of carbonyl (C=O) groups excluding carboxylic acids is 2. The van der Waals surface area contributed by atoms with E-state index in [1.165, 1.54) is 16.9 Å². The number of fused-ring (bicyclic) bond motifs is 3. The first-order chi connectivity index (χ1) is 13.2. The van der Waals surface area contributed by atoms with E-state index in [9.17, 15) is 9.59 Å². The van der Waals surface area contributed by atoms with Crippen LogP contribution in [-0.4, -0.2) is 56.8 Å². The fraction of sp³-hybridized carbons (Fsp3) is 0.400. The minimum Gasteiger partial charge on any atom is -0.497 e. The van der Waals surface area contributed by atoms with Gasteiger partial charge in [0.2, 0.25) is 0 Å². The van der Waals surface area contributed by atoms with Gasteiger partial charge >= 0.3 is 5.97 Å². The molecule has 2 aliphatic rings. The molecule has 0 N–H and O–H groups in total. The van der Waals surface area contributed by atoms with Crippen LogP contribution in [0.1, 0.15) is 20.8 Å². The number of hydrogen-bond donors (Lipinski definition) is 0. The molecule has 6 nitrogen and oxygen atoms in total. The highest BCUT2D eigenvalue weighted by Crippen LogP contribution is 2.40. The van der Waals surface area contributed by atoms with E-state index in [0.717, 1.165) is 34.6 Å². The smallest absolute Gasteiger partial charge is 0.348 e. The average Bonchev–Trinajstić information content (AvgIpc) is 3.16. The van der Waals surface area contributed by atoms with Crippen LogP contribution in [0.25, 0.3) is 10.4 Å². The molecule has 1 amide bonds. The van der Waals surface area contributed by atoms with Crippen LogP contribution in [-0.2, 0) is 27.1 Å². The first-order valence-electron chi connectivity index (χ1n) is 8.98. The lowest BCUT2D eigenvalue weighted by Gasteiger charge is -2.26. The zero-order chi connectivity index (χ0) is 18.8. The lowest BCUT2D eigenvalue weighted by Crippen LogP contribution is -2.42. The quantitative estimate of drug-likeness (QED) is 0.755. The van der Waals surface area contributed by atoms with Crippen LogP contribution in [0.5, 0.6) is 5.75 Å². The topological polar surface area (TPSA) is 65.1 Å². The molecule has 0 saturated carbocycles. The molecule has 2 aromatic rings. The Labute approximate surface area is 161 Å². The van der Waals surface area contributed by atoms with Crippen LogP contribution < -0.4 is 4.74 Å². The molecule has 2 heterocycles. The summed E-state index contributed by atoms with van der Waals surface area (Å²) in [5, 5.41) is 0. The second-order valence-electron chi connectivity index (χ2n) is 6.56. The highest BCUT2D eigenvalue weighted by Gasteiger charge is 2.24. The Balaban J connectivity index is 1.45. The third-order valence-corrected chi connectivity index (χ3v) is 6.11. The van der Waals surface area contributed by atoms with Crippen LogP contribution in [0, 0.1) is 0 Å². The number of thiophene rings is 1. The number of aryl methyl sites for hydroxylation is 2. The Morgan fingerprint density at radius 3 is 2.70 bits per heavy atom.